The quantitative estimate of drug-likeness (QED) is 0.691. The van der Waals surface area contributed by atoms with Crippen LogP contribution < -0.4 is 16.4 Å². The molecule has 0 aliphatic carbocycles. The van der Waals surface area contributed by atoms with Gasteiger partial charge in [0.05, 0.1) is 37.8 Å². The molecule has 1 fully saturated rings. The monoisotopic (exact) mass is 280 g/mol. The van der Waals surface area contributed by atoms with Crippen LogP contribution >= 0.6 is 0 Å². The number of amides is 1. The van der Waals surface area contributed by atoms with E-state index >= 15 is 0 Å². The molecule has 2 rings (SSSR count). The molecule has 1 aliphatic heterocycles. The van der Waals surface area contributed by atoms with Gasteiger partial charge in [-0.25, -0.2) is 9.78 Å². The lowest BCUT2D eigenvalue weighted by atomic mass is 10.1. The first-order valence-corrected chi connectivity index (χ1v) is 6.02. The summed E-state index contributed by atoms with van der Waals surface area (Å²) in [6, 6.07) is 0.868. The molecular formula is C12H16N4O4. The third-order valence-corrected chi connectivity index (χ3v) is 3.08. The number of hydrogen-bond donors (Lipinski definition) is 2. The van der Waals surface area contributed by atoms with E-state index in [4.69, 9.17) is 16.2 Å². The van der Waals surface area contributed by atoms with Gasteiger partial charge in [-0.1, -0.05) is 0 Å². The minimum absolute atomic E-state index is 0.189. The van der Waals surface area contributed by atoms with Crippen molar-refractivity contribution in [2.24, 2.45) is 5.73 Å². The second kappa shape index (κ2) is 5.74. The molecule has 1 aromatic heterocycles. The Morgan fingerprint density at radius 3 is 2.95 bits per heavy atom. The normalized spacial score (nSPS) is 18.6. The Hall–Kier alpha value is -2.35. The van der Waals surface area contributed by atoms with Crippen molar-refractivity contribution in [3.63, 3.8) is 0 Å². The number of anilines is 2. The maximum atomic E-state index is 11.6. The van der Waals surface area contributed by atoms with E-state index in [-0.39, 0.29) is 17.9 Å². The minimum atomic E-state index is -0.620. The van der Waals surface area contributed by atoms with Gasteiger partial charge in [0.15, 0.2) is 0 Å². The van der Waals surface area contributed by atoms with Gasteiger partial charge in [-0.2, -0.15) is 0 Å². The summed E-state index contributed by atoms with van der Waals surface area (Å²) in [4.78, 5) is 28.9. The van der Waals surface area contributed by atoms with Gasteiger partial charge in [-0.15, -0.1) is 0 Å². The van der Waals surface area contributed by atoms with Crippen molar-refractivity contribution in [2.45, 2.75) is 6.04 Å². The number of carbonyl (C=O) groups excluding carboxylic acids is 2. The fraction of sp³-hybridized carbons (Fsp3) is 0.417. The summed E-state index contributed by atoms with van der Waals surface area (Å²) in [5.41, 5.74) is 11.4. The fourth-order valence-corrected chi connectivity index (χ4v) is 2.01. The first-order chi connectivity index (χ1) is 9.54. The summed E-state index contributed by atoms with van der Waals surface area (Å²) in [7, 11) is 1.27. The summed E-state index contributed by atoms with van der Waals surface area (Å²) in [5, 5.41) is 0. The largest absolute Gasteiger partial charge is 0.465 e. The van der Waals surface area contributed by atoms with Crippen molar-refractivity contribution in [3.8, 4) is 0 Å². The van der Waals surface area contributed by atoms with Crippen molar-refractivity contribution >= 4 is 23.4 Å². The Morgan fingerprint density at radius 2 is 2.30 bits per heavy atom. The highest BCUT2D eigenvalue weighted by Crippen LogP contribution is 2.22. The number of morpholine rings is 1. The molecule has 0 aromatic carbocycles. The topological polar surface area (TPSA) is 121 Å². The number of rotatable bonds is 3. The van der Waals surface area contributed by atoms with Crippen molar-refractivity contribution in [1.82, 2.24) is 4.98 Å². The van der Waals surface area contributed by atoms with Gasteiger partial charge in [0.1, 0.15) is 11.9 Å². The maximum absolute atomic E-state index is 11.6. The van der Waals surface area contributed by atoms with E-state index in [9.17, 15) is 9.59 Å². The molecule has 0 bridgehead atoms. The zero-order chi connectivity index (χ0) is 14.7. The SMILES string of the molecule is COC(=O)c1cc(N2CCOCC2C(N)=O)ncc1N. The highest BCUT2D eigenvalue weighted by Gasteiger charge is 2.29. The molecule has 1 aliphatic rings. The molecule has 2 heterocycles. The molecule has 8 heteroatoms. The lowest BCUT2D eigenvalue weighted by molar-refractivity contribution is -0.121. The zero-order valence-electron chi connectivity index (χ0n) is 11.0. The van der Waals surface area contributed by atoms with Crippen LogP contribution in [-0.4, -0.2) is 49.8 Å². The number of nitrogen functional groups attached to an aromatic ring is 1. The number of aromatic nitrogens is 1. The number of esters is 1. The molecule has 0 spiro atoms. The van der Waals surface area contributed by atoms with Crippen molar-refractivity contribution in [3.05, 3.63) is 17.8 Å². The molecule has 8 nitrogen and oxygen atoms in total. The third-order valence-electron chi connectivity index (χ3n) is 3.08. The highest BCUT2D eigenvalue weighted by atomic mass is 16.5. The van der Waals surface area contributed by atoms with Crippen LogP contribution in [0.2, 0.25) is 0 Å². The van der Waals surface area contributed by atoms with Gasteiger partial charge in [-0.05, 0) is 6.07 Å². The summed E-state index contributed by atoms with van der Waals surface area (Å²) in [6.45, 7) is 1.09. The van der Waals surface area contributed by atoms with E-state index in [2.05, 4.69) is 9.72 Å². The minimum Gasteiger partial charge on any atom is -0.465 e. The average molecular weight is 280 g/mol. The van der Waals surface area contributed by atoms with Crippen LogP contribution in [0.4, 0.5) is 11.5 Å². The van der Waals surface area contributed by atoms with E-state index in [1.165, 1.54) is 19.4 Å². The Labute approximate surface area is 115 Å². The molecule has 1 saturated heterocycles. The summed E-state index contributed by atoms with van der Waals surface area (Å²) >= 11 is 0. The van der Waals surface area contributed by atoms with E-state index < -0.39 is 17.9 Å². The molecule has 4 N–H and O–H groups in total. The number of nitrogens with zero attached hydrogens (tertiary/aromatic N) is 2. The lowest BCUT2D eigenvalue weighted by Gasteiger charge is -2.34. The maximum Gasteiger partial charge on any atom is 0.340 e. The third kappa shape index (κ3) is 2.64. The number of hydrogen-bond acceptors (Lipinski definition) is 7. The number of ether oxygens (including phenoxy) is 2. The molecule has 0 radical (unpaired) electrons. The van der Waals surface area contributed by atoms with E-state index in [1.807, 2.05) is 0 Å². The van der Waals surface area contributed by atoms with Gasteiger partial charge < -0.3 is 25.8 Å². The first kappa shape index (κ1) is 14.1. The average Bonchev–Trinajstić information content (AvgIpc) is 2.47. The van der Waals surface area contributed by atoms with E-state index in [1.54, 1.807) is 4.90 Å². The molecule has 0 saturated carbocycles. The van der Waals surface area contributed by atoms with Crippen LogP contribution in [0, 0.1) is 0 Å². The second-order valence-corrected chi connectivity index (χ2v) is 4.31. The van der Waals surface area contributed by atoms with Crippen molar-refractivity contribution < 1.29 is 19.1 Å². The number of pyridine rings is 1. The van der Waals surface area contributed by atoms with Crippen LogP contribution in [0.1, 0.15) is 10.4 Å². The Bertz CT molecular complexity index is 534. The highest BCUT2D eigenvalue weighted by molar-refractivity contribution is 5.96. The van der Waals surface area contributed by atoms with Crippen molar-refractivity contribution in [2.75, 3.05) is 37.5 Å². The Balaban J connectivity index is 2.36. The lowest BCUT2D eigenvalue weighted by Crippen LogP contribution is -2.53. The van der Waals surface area contributed by atoms with Crippen molar-refractivity contribution in [1.29, 1.82) is 0 Å². The van der Waals surface area contributed by atoms with Gasteiger partial charge >= 0.3 is 5.97 Å². The van der Waals surface area contributed by atoms with Crippen LogP contribution in [0.5, 0.6) is 0 Å². The molecule has 1 unspecified atom stereocenters. The molecular weight excluding hydrogens is 264 g/mol. The first-order valence-electron chi connectivity index (χ1n) is 6.02. The van der Waals surface area contributed by atoms with E-state index in [0.29, 0.717) is 19.0 Å². The zero-order valence-corrected chi connectivity index (χ0v) is 11.0. The predicted molar refractivity (Wildman–Crippen MR) is 71.1 cm³/mol. The number of carbonyl (C=O) groups is 2. The number of primary amides is 1. The number of methoxy groups -OCH3 is 1. The predicted octanol–water partition coefficient (Wildman–Crippen LogP) is -0.859. The van der Waals surface area contributed by atoms with Gasteiger partial charge in [-0.3, -0.25) is 4.79 Å². The summed E-state index contributed by atoms with van der Waals surface area (Å²) in [5.74, 6) is -0.635. The second-order valence-electron chi connectivity index (χ2n) is 4.31. The van der Waals surface area contributed by atoms with Crippen LogP contribution in [-0.2, 0) is 14.3 Å². The molecule has 1 aromatic rings. The standard InChI is InChI=1S/C12H16N4O4/c1-19-12(18)7-4-10(15-5-8(7)13)16-2-3-20-6-9(16)11(14)17/h4-5,9H,2-3,6,13H2,1H3,(H2,14,17). The number of nitrogens with two attached hydrogens (primary N) is 2. The molecule has 20 heavy (non-hydrogen) atoms. The Kier molecular flexibility index (Phi) is 4.04. The summed E-state index contributed by atoms with van der Waals surface area (Å²) in [6.07, 6.45) is 1.36. The smallest absolute Gasteiger partial charge is 0.340 e. The van der Waals surface area contributed by atoms with Crippen LogP contribution in [0.15, 0.2) is 12.3 Å². The van der Waals surface area contributed by atoms with Crippen LogP contribution in [0.25, 0.3) is 0 Å². The van der Waals surface area contributed by atoms with Gasteiger partial charge in [0.25, 0.3) is 0 Å². The summed E-state index contributed by atoms with van der Waals surface area (Å²) < 4.78 is 9.88. The molecule has 1 amide bonds. The fourth-order valence-electron chi connectivity index (χ4n) is 2.01. The van der Waals surface area contributed by atoms with E-state index in [0.717, 1.165) is 0 Å². The van der Waals surface area contributed by atoms with Gasteiger partial charge in [0, 0.05) is 6.54 Å². The Morgan fingerprint density at radius 1 is 1.55 bits per heavy atom. The molecule has 1 atom stereocenters. The molecule has 108 valence electrons. The van der Waals surface area contributed by atoms with Crippen LogP contribution in [0.3, 0.4) is 0 Å². The van der Waals surface area contributed by atoms with Gasteiger partial charge in [0.2, 0.25) is 5.91 Å².